The number of aliphatic hydroxyl groups is 2. The van der Waals surface area contributed by atoms with Gasteiger partial charge in [0.15, 0.2) is 0 Å². The Balaban J connectivity index is 2.47. The van der Waals surface area contributed by atoms with E-state index < -0.39 is 6.10 Å². The van der Waals surface area contributed by atoms with Crippen molar-refractivity contribution in [2.75, 3.05) is 19.7 Å². The van der Waals surface area contributed by atoms with E-state index in [1.165, 1.54) is 6.92 Å². The smallest absolute Gasteiger partial charge is 0.251 e. The van der Waals surface area contributed by atoms with Crippen LogP contribution < -0.4 is 0 Å². The molecule has 1 atom stereocenters. The lowest BCUT2D eigenvalue weighted by atomic mass is 9.81. The van der Waals surface area contributed by atoms with Crippen LogP contribution in [0.5, 0.6) is 0 Å². The van der Waals surface area contributed by atoms with Crippen molar-refractivity contribution in [1.82, 2.24) is 4.90 Å². The lowest BCUT2D eigenvalue weighted by Gasteiger charge is -2.38. The molecule has 4 nitrogen and oxygen atoms in total. The number of carbonyl (C=O) groups excluding carboxylic acids is 1. The Labute approximate surface area is 84.5 Å². The summed E-state index contributed by atoms with van der Waals surface area (Å²) in [5.41, 5.74) is -0.0462. The standard InChI is InChI=1S/C10H19NO3/c1-8(13)9(14)11-5-3-10(2,7-12)4-6-11/h8,12-13H,3-7H2,1-2H3. The lowest BCUT2D eigenvalue weighted by molar-refractivity contribution is -0.141. The van der Waals surface area contributed by atoms with E-state index in [9.17, 15) is 4.79 Å². The summed E-state index contributed by atoms with van der Waals surface area (Å²) in [5, 5.41) is 18.3. The van der Waals surface area contributed by atoms with Gasteiger partial charge in [0.05, 0.1) is 0 Å². The van der Waals surface area contributed by atoms with Crippen LogP contribution in [0.4, 0.5) is 0 Å². The molecule has 1 amide bonds. The molecule has 0 aromatic heterocycles. The summed E-state index contributed by atoms with van der Waals surface area (Å²) in [4.78, 5) is 13.1. The zero-order chi connectivity index (χ0) is 10.8. The van der Waals surface area contributed by atoms with Crippen LogP contribution in [0.1, 0.15) is 26.7 Å². The highest BCUT2D eigenvalue weighted by atomic mass is 16.3. The van der Waals surface area contributed by atoms with Crippen molar-refractivity contribution in [3.63, 3.8) is 0 Å². The van der Waals surface area contributed by atoms with Crippen LogP contribution in [0.3, 0.4) is 0 Å². The van der Waals surface area contributed by atoms with Crippen LogP contribution >= 0.6 is 0 Å². The van der Waals surface area contributed by atoms with E-state index in [1.54, 1.807) is 4.90 Å². The van der Waals surface area contributed by atoms with Gasteiger partial charge in [0, 0.05) is 19.7 Å². The molecule has 0 aromatic carbocycles. The number of amides is 1. The molecule has 0 bridgehead atoms. The molecular weight excluding hydrogens is 182 g/mol. The first-order valence-electron chi connectivity index (χ1n) is 5.06. The molecule has 82 valence electrons. The van der Waals surface area contributed by atoms with Crippen LogP contribution in [0, 0.1) is 5.41 Å². The molecule has 1 rings (SSSR count). The van der Waals surface area contributed by atoms with Gasteiger partial charge < -0.3 is 15.1 Å². The highest BCUT2D eigenvalue weighted by Gasteiger charge is 2.32. The number of piperidine rings is 1. The number of carbonyl (C=O) groups is 1. The third kappa shape index (κ3) is 2.45. The van der Waals surface area contributed by atoms with Gasteiger partial charge >= 0.3 is 0 Å². The number of hydrogen-bond donors (Lipinski definition) is 2. The van der Waals surface area contributed by atoms with Crippen molar-refractivity contribution in [3.05, 3.63) is 0 Å². The van der Waals surface area contributed by atoms with Gasteiger partial charge in [-0.3, -0.25) is 4.79 Å². The maximum Gasteiger partial charge on any atom is 0.251 e. The van der Waals surface area contributed by atoms with Crippen LogP contribution in [0.25, 0.3) is 0 Å². The summed E-state index contributed by atoms with van der Waals surface area (Å²) >= 11 is 0. The van der Waals surface area contributed by atoms with Crippen molar-refractivity contribution in [1.29, 1.82) is 0 Å². The molecule has 1 aliphatic heterocycles. The van der Waals surface area contributed by atoms with Crippen LogP contribution in [-0.4, -0.2) is 46.8 Å². The fourth-order valence-electron chi connectivity index (χ4n) is 1.69. The minimum absolute atomic E-state index is 0.0462. The molecule has 0 radical (unpaired) electrons. The van der Waals surface area contributed by atoms with Crippen LogP contribution in [0.2, 0.25) is 0 Å². The Kier molecular flexibility index (Phi) is 3.50. The lowest BCUT2D eigenvalue weighted by Crippen LogP contribution is -2.46. The summed E-state index contributed by atoms with van der Waals surface area (Å²) in [6.07, 6.45) is 0.706. The van der Waals surface area contributed by atoms with Crippen molar-refractivity contribution in [2.45, 2.75) is 32.8 Å². The minimum atomic E-state index is -0.909. The molecule has 0 spiro atoms. The van der Waals surface area contributed by atoms with Gasteiger partial charge in [-0.05, 0) is 25.2 Å². The van der Waals surface area contributed by atoms with Crippen LogP contribution in [-0.2, 0) is 4.79 Å². The summed E-state index contributed by atoms with van der Waals surface area (Å²) in [7, 11) is 0. The van der Waals surface area contributed by atoms with Gasteiger partial charge in [0.1, 0.15) is 6.10 Å². The van der Waals surface area contributed by atoms with Crippen molar-refractivity contribution >= 4 is 5.91 Å². The van der Waals surface area contributed by atoms with Gasteiger partial charge in [-0.25, -0.2) is 0 Å². The number of hydrogen-bond acceptors (Lipinski definition) is 3. The summed E-state index contributed by atoms with van der Waals surface area (Å²) in [6, 6.07) is 0. The third-order valence-electron chi connectivity index (χ3n) is 3.02. The van der Waals surface area contributed by atoms with Gasteiger partial charge in [-0.2, -0.15) is 0 Å². The maximum absolute atomic E-state index is 11.4. The van der Waals surface area contributed by atoms with Gasteiger partial charge in [-0.1, -0.05) is 6.92 Å². The molecular formula is C10H19NO3. The zero-order valence-corrected chi connectivity index (χ0v) is 8.86. The molecule has 1 saturated heterocycles. The molecule has 2 N–H and O–H groups in total. The summed E-state index contributed by atoms with van der Waals surface area (Å²) in [6.45, 7) is 4.96. The average Bonchev–Trinajstić information content (AvgIpc) is 2.18. The first kappa shape index (κ1) is 11.5. The van der Waals surface area contributed by atoms with Gasteiger partial charge in [0.25, 0.3) is 5.91 Å². The molecule has 1 unspecified atom stereocenters. The van der Waals surface area contributed by atoms with E-state index >= 15 is 0 Å². The van der Waals surface area contributed by atoms with E-state index in [2.05, 4.69) is 0 Å². The van der Waals surface area contributed by atoms with Gasteiger partial charge in [-0.15, -0.1) is 0 Å². The second kappa shape index (κ2) is 4.28. The molecule has 1 fully saturated rings. The Morgan fingerprint density at radius 2 is 2.00 bits per heavy atom. The molecule has 0 aliphatic carbocycles. The molecule has 0 saturated carbocycles. The van der Waals surface area contributed by atoms with Crippen molar-refractivity contribution in [2.24, 2.45) is 5.41 Å². The highest BCUT2D eigenvalue weighted by molar-refractivity contribution is 5.80. The second-order valence-electron chi connectivity index (χ2n) is 4.47. The summed E-state index contributed by atoms with van der Waals surface area (Å²) < 4.78 is 0. The third-order valence-corrected chi connectivity index (χ3v) is 3.02. The number of rotatable bonds is 2. The van der Waals surface area contributed by atoms with Crippen molar-refractivity contribution in [3.8, 4) is 0 Å². The van der Waals surface area contributed by atoms with E-state index in [4.69, 9.17) is 10.2 Å². The van der Waals surface area contributed by atoms with E-state index in [1.807, 2.05) is 6.92 Å². The predicted molar refractivity (Wildman–Crippen MR) is 52.7 cm³/mol. The highest BCUT2D eigenvalue weighted by Crippen LogP contribution is 2.30. The Bertz CT molecular complexity index is 207. The van der Waals surface area contributed by atoms with Gasteiger partial charge in [0.2, 0.25) is 0 Å². The predicted octanol–water partition coefficient (Wildman–Crippen LogP) is -0.0118. The van der Waals surface area contributed by atoms with E-state index in [0.717, 1.165) is 12.8 Å². The second-order valence-corrected chi connectivity index (χ2v) is 4.47. The van der Waals surface area contributed by atoms with E-state index in [0.29, 0.717) is 13.1 Å². The number of likely N-dealkylation sites (tertiary alicyclic amines) is 1. The monoisotopic (exact) mass is 201 g/mol. The maximum atomic E-state index is 11.4. The first-order chi connectivity index (χ1) is 6.48. The summed E-state index contributed by atoms with van der Waals surface area (Å²) in [5.74, 6) is -0.204. The number of aliphatic hydroxyl groups excluding tert-OH is 2. The largest absolute Gasteiger partial charge is 0.396 e. The Morgan fingerprint density at radius 1 is 1.50 bits per heavy atom. The van der Waals surface area contributed by atoms with Crippen LogP contribution in [0.15, 0.2) is 0 Å². The zero-order valence-electron chi connectivity index (χ0n) is 8.86. The first-order valence-corrected chi connectivity index (χ1v) is 5.06. The van der Waals surface area contributed by atoms with E-state index in [-0.39, 0.29) is 17.9 Å². The minimum Gasteiger partial charge on any atom is -0.396 e. The topological polar surface area (TPSA) is 60.8 Å². The fourth-order valence-corrected chi connectivity index (χ4v) is 1.69. The quantitative estimate of drug-likeness (QED) is 0.660. The fraction of sp³-hybridized carbons (Fsp3) is 0.900. The average molecular weight is 201 g/mol. The SMILES string of the molecule is CC(O)C(=O)N1CCC(C)(CO)CC1. The molecule has 0 aromatic rings. The number of nitrogens with zero attached hydrogens (tertiary/aromatic N) is 1. The molecule has 14 heavy (non-hydrogen) atoms. The normalized spacial score (nSPS) is 23.3. The Hall–Kier alpha value is -0.610. The van der Waals surface area contributed by atoms with Crippen molar-refractivity contribution < 1.29 is 15.0 Å². The molecule has 1 aliphatic rings. The molecule has 1 heterocycles. The molecule has 4 heteroatoms. The Morgan fingerprint density at radius 3 is 2.36 bits per heavy atom.